The Kier molecular flexibility index (Phi) is 3.76. The zero-order valence-electron chi connectivity index (χ0n) is 9.63. The maximum atomic E-state index is 6.26. The number of ether oxygens (including phenoxy) is 1. The van der Waals surface area contributed by atoms with E-state index in [0.29, 0.717) is 11.7 Å². The molecule has 0 aliphatic rings. The monoisotopic (exact) mass is 252 g/mol. The predicted octanol–water partition coefficient (Wildman–Crippen LogP) is 3.11. The molecule has 17 heavy (non-hydrogen) atoms. The molecule has 1 heterocycles. The van der Waals surface area contributed by atoms with E-state index in [9.17, 15) is 0 Å². The highest BCUT2D eigenvalue weighted by atomic mass is 35.5. The third-order valence-corrected chi connectivity index (χ3v) is 2.92. The van der Waals surface area contributed by atoms with Crippen LogP contribution < -0.4 is 0 Å². The van der Waals surface area contributed by atoms with Crippen molar-refractivity contribution in [3.05, 3.63) is 47.6 Å². The van der Waals surface area contributed by atoms with Crippen LogP contribution in [0.15, 0.2) is 34.9 Å². The van der Waals surface area contributed by atoms with Crippen molar-refractivity contribution in [2.75, 3.05) is 7.11 Å². The first-order valence-corrected chi connectivity index (χ1v) is 5.71. The van der Waals surface area contributed by atoms with Gasteiger partial charge in [-0.25, -0.2) is 0 Å². The standard InChI is InChI=1S/C12H13ClN2O2/c1-8(16-2)11-14-12(17-15-11)10(13)9-6-4-3-5-7-9/h3-8,10H,1-2H3. The summed E-state index contributed by atoms with van der Waals surface area (Å²) in [6.07, 6.45) is -0.202. The van der Waals surface area contributed by atoms with Gasteiger partial charge in [0.05, 0.1) is 0 Å². The number of aromatic nitrogens is 2. The van der Waals surface area contributed by atoms with Crippen LogP contribution in [0.4, 0.5) is 0 Å². The van der Waals surface area contributed by atoms with Gasteiger partial charge in [-0.1, -0.05) is 35.5 Å². The van der Waals surface area contributed by atoms with Crippen LogP contribution in [-0.2, 0) is 4.74 Å². The molecule has 2 unspecified atom stereocenters. The molecule has 2 rings (SSSR count). The number of methoxy groups -OCH3 is 1. The van der Waals surface area contributed by atoms with E-state index in [2.05, 4.69) is 10.1 Å². The number of nitrogens with zero attached hydrogens (tertiary/aromatic N) is 2. The smallest absolute Gasteiger partial charge is 0.249 e. The minimum Gasteiger partial charge on any atom is -0.374 e. The molecule has 0 amide bonds. The minimum atomic E-state index is -0.429. The first kappa shape index (κ1) is 12.1. The second-order valence-corrected chi connectivity index (χ2v) is 4.08. The summed E-state index contributed by atoms with van der Waals surface area (Å²) in [6, 6.07) is 9.60. The number of rotatable bonds is 4. The molecule has 5 heteroatoms. The van der Waals surface area contributed by atoms with Crippen molar-refractivity contribution in [2.45, 2.75) is 18.4 Å². The first-order valence-electron chi connectivity index (χ1n) is 5.27. The van der Waals surface area contributed by atoms with Crippen molar-refractivity contribution in [2.24, 2.45) is 0 Å². The lowest BCUT2D eigenvalue weighted by Gasteiger charge is -2.04. The summed E-state index contributed by atoms with van der Waals surface area (Å²) < 4.78 is 10.2. The number of halogens is 1. The Morgan fingerprint density at radius 2 is 2.00 bits per heavy atom. The van der Waals surface area contributed by atoms with E-state index in [1.54, 1.807) is 7.11 Å². The molecule has 0 N–H and O–H groups in total. The average molecular weight is 253 g/mol. The summed E-state index contributed by atoms with van der Waals surface area (Å²) >= 11 is 6.26. The van der Waals surface area contributed by atoms with Crippen LogP contribution >= 0.6 is 11.6 Å². The Bertz CT molecular complexity index is 472. The molecule has 0 radical (unpaired) electrons. The van der Waals surface area contributed by atoms with Crippen LogP contribution in [0, 0.1) is 0 Å². The van der Waals surface area contributed by atoms with Crippen LogP contribution in [0.2, 0.25) is 0 Å². The third kappa shape index (κ3) is 2.65. The van der Waals surface area contributed by atoms with E-state index in [-0.39, 0.29) is 6.10 Å². The normalized spacial score (nSPS) is 14.5. The van der Waals surface area contributed by atoms with Crippen molar-refractivity contribution < 1.29 is 9.26 Å². The van der Waals surface area contributed by atoms with E-state index in [1.165, 1.54) is 0 Å². The fourth-order valence-corrected chi connectivity index (χ4v) is 1.62. The van der Waals surface area contributed by atoms with Gasteiger partial charge in [0.1, 0.15) is 11.5 Å². The van der Waals surface area contributed by atoms with Crippen LogP contribution in [0.1, 0.15) is 35.7 Å². The molecule has 0 spiro atoms. The molecule has 2 aromatic rings. The number of alkyl halides is 1. The van der Waals surface area contributed by atoms with E-state index in [4.69, 9.17) is 20.9 Å². The zero-order chi connectivity index (χ0) is 12.3. The lowest BCUT2D eigenvalue weighted by Crippen LogP contribution is -1.99. The van der Waals surface area contributed by atoms with Crippen LogP contribution in [0.5, 0.6) is 0 Å². The maximum absolute atomic E-state index is 6.26. The molecule has 1 aromatic carbocycles. The quantitative estimate of drug-likeness (QED) is 0.785. The van der Waals surface area contributed by atoms with Gasteiger partial charge in [-0.2, -0.15) is 4.98 Å². The van der Waals surface area contributed by atoms with Gasteiger partial charge in [0, 0.05) is 7.11 Å². The summed E-state index contributed by atoms with van der Waals surface area (Å²) in [4.78, 5) is 4.22. The number of hydrogen-bond donors (Lipinski definition) is 0. The fraction of sp³-hybridized carbons (Fsp3) is 0.333. The molecule has 4 nitrogen and oxygen atoms in total. The summed E-state index contributed by atoms with van der Waals surface area (Å²) in [5.41, 5.74) is 0.925. The molecular weight excluding hydrogens is 240 g/mol. The van der Waals surface area contributed by atoms with Gasteiger partial charge in [-0.15, -0.1) is 11.6 Å². The average Bonchev–Trinajstić information content (AvgIpc) is 2.87. The Balaban J connectivity index is 2.20. The van der Waals surface area contributed by atoms with Crippen LogP contribution in [-0.4, -0.2) is 17.3 Å². The Hall–Kier alpha value is -1.39. The lowest BCUT2D eigenvalue weighted by atomic mass is 10.1. The topological polar surface area (TPSA) is 48.2 Å². The number of hydrogen-bond acceptors (Lipinski definition) is 4. The Morgan fingerprint density at radius 1 is 1.29 bits per heavy atom. The summed E-state index contributed by atoms with van der Waals surface area (Å²) in [5, 5.41) is 3.41. The van der Waals surface area contributed by atoms with E-state index in [0.717, 1.165) is 5.56 Å². The highest BCUT2D eigenvalue weighted by Gasteiger charge is 2.20. The van der Waals surface area contributed by atoms with Crippen molar-refractivity contribution in [3.8, 4) is 0 Å². The maximum Gasteiger partial charge on any atom is 0.249 e. The van der Waals surface area contributed by atoms with Crippen molar-refractivity contribution in [3.63, 3.8) is 0 Å². The van der Waals surface area contributed by atoms with E-state index in [1.807, 2.05) is 37.3 Å². The van der Waals surface area contributed by atoms with Gasteiger partial charge in [0.2, 0.25) is 5.89 Å². The third-order valence-electron chi connectivity index (χ3n) is 2.48. The minimum absolute atomic E-state index is 0.202. The molecule has 1 aromatic heterocycles. The summed E-state index contributed by atoms with van der Waals surface area (Å²) in [6.45, 7) is 1.85. The molecule has 2 atom stereocenters. The Labute approximate surface area is 105 Å². The molecular formula is C12H13ClN2O2. The van der Waals surface area contributed by atoms with Crippen LogP contribution in [0.3, 0.4) is 0 Å². The number of benzene rings is 1. The molecule has 0 saturated carbocycles. The molecule has 90 valence electrons. The van der Waals surface area contributed by atoms with Crippen molar-refractivity contribution in [1.82, 2.24) is 10.1 Å². The van der Waals surface area contributed by atoms with E-state index >= 15 is 0 Å². The summed E-state index contributed by atoms with van der Waals surface area (Å²) in [5.74, 6) is 0.890. The zero-order valence-corrected chi connectivity index (χ0v) is 10.4. The fourth-order valence-electron chi connectivity index (χ4n) is 1.39. The largest absolute Gasteiger partial charge is 0.374 e. The molecule has 0 saturated heterocycles. The van der Waals surface area contributed by atoms with Crippen molar-refractivity contribution in [1.29, 1.82) is 0 Å². The Morgan fingerprint density at radius 3 is 2.65 bits per heavy atom. The second-order valence-electron chi connectivity index (χ2n) is 3.64. The highest BCUT2D eigenvalue weighted by molar-refractivity contribution is 6.22. The van der Waals surface area contributed by atoms with Crippen molar-refractivity contribution >= 4 is 11.6 Å². The SMILES string of the molecule is COC(C)c1noc(C(Cl)c2ccccc2)n1. The molecule has 0 aliphatic heterocycles. The van der Waals surface area contributed by atoms with Gasteiger partial charge >= 0.3 is 0 Å². The highest BCUT2D eigenvalue weighted by Crippen LogP contribution is 2.27. The van der Waals surface area contributed by atoms with Gasteiger partial charge < -0.3 is 9.26 Å². The predicted molar refractivity (Wildman–Crippen MR) is 63.9 cm³/mol. The van der Waals surface area contributed by atoms with Gasteiger partial charge in [0.25, 0.3) is 0 Å². The van der Waals surface area contributed by atoms with Gasteiger partial charge in [-0.05, 0) is 12.5 Å². The van der Waals surface area contributed by atoms with Crippen LogP contribution in [0.25, 0.3) is 0 Å². The lowest BCUT2D eigenvalue weighted by molar-refractivity contribution is 0.109. The summed E-state index contributed by atoms with van der Waals surface area (Å²) in [7, 11) is 1.59. The van der Waals surface area contributed by atoms with E-state index < -0.39 is 5.38 Å². The second kappa shape index (κ2) is 5.29. The molecule has 0 aliphatic carbocycles. The molecule has 0 fully saturated rings. The first-order chi connectivity index (χ1) is 8.22. The van der Waals surface area contributed by atoms with Gasteiger partial charge in [-0.3, -0.25) is 0 Å². The molecule has 0 bridgehead atoms. The van der Waals surface area contributed by atoms with Gasteiger partial charge in [0.15, 0.2) is 5.82 Å².